The second kappa shape index (κ2) is 2.64. The van der Waals surface area contributed by atoms with E-state index in [1.165, 1.54) is 7.05 Å². The van der Waals surface area contributed by atoms with Crippen LogP contribution in [0.4, 0.5) is 14.5 Å². The smallest absolute Gasteiger partial charge is 0.148 e. The standard InChI is InChI=1S/C7H6F2N/c1-10-7-4-5(8)2-3-6(7)9/h2-4H,1H3. The van der Waals surface area contributed by atoms with Crippen molar-refractivity contribution in [2.24, 2.45) is 0 Å². The SMILES string of the molecule is C[N]c1cc(F)ccc1F. The molecule has 0 bridgehead atoms. The Morgan fingerprint density at radius 1 is 1.30 bits per heavy atom. The molecule has 0 spiro atoms. The van der Waals surface area contributed by atoms with Crippen LogP contribution in [0.3, 0.4) is 0 Å². The molecule has 53 valence electrons. The average Bonchev–Trinajstić information content (AvgIpc) is 1.94. The monoisotopic (exact) mass is 142 g/mol. The fraction of sp³-hybridized carbons (Fsp3) is 0.143. The lowest BCUT2D eigenvalue weighted by Crippen LogP contribution is -1.91. The first-order chi connectivity index (χ1) is 4.74. The maximum Gasteiger partial charge on any atom is 0.148 e. The lowest BCUT2D eigenvalue weighted by atomic mass is 10.3. The van der Waals surface area contributed by atoms with Gasteiger partial charge in [0.1, 0.15) is 11.6 Å². The van der Waals surface area contributed by atoms with Gasteiger partial charge in [0.25, 0.3) is 0 Å². The molecule has 1 aromatic carbocycles. The van der Waals surface area contributed by atoms with Gasteiger partial charge in [0.2, 0.25) is 0 Å². The van der Waals surface area contributed by atoms with E-state index < -0.39 is 11.6 Å². The van der Waals surface area contributed by atoms with E-state index in [4.69, 9.17) is 0 Å². The van der Waals surface area contributed by atoms with Crippen molar-refractivity contribution in [3.63, 3.8) is 0 Å². The topological polar surface area (TPSA) is 14.1 Å². The van der Waals surface area contributed by atoms with Gasteiger partial charge in [-0.15, -0.1) is 0 Å². The van der Waals surface area contributed by atoms with E-state index in [9.17, 15) is 8.78 Å². The molecule has 0 aliphatic rings. The van der Waals surface area contributed by atoms with Crippen LogP contribution in [0.1, 0.15) is 0 Å². The normalized spacial score (nSPS) is 9.50. The van der Waals surface area contributed by atoms with Crippen LogP contribution >= 0.6 is 0 Å². The highest BCUT2D eigenvalue weighted by atomic mass is 19.1. The molecule has 0 aliphatic carbocycles. The van der Waals surface area contributed by atoms with Gasteiger partial charge in [-0.1, -0.05) is 0 Å². The molecule has 0 fully saturated rings. The third-order valence-corrected chi connectivity index (χ3v) is 1.15. The first kappa shape index (κ1) is 6.99. The van der Waals surface area contributed by atoms with E-state index in [2.05, 4.69) is 5.32 Å². The van der Waals surface area contributed by atoms with Crippen molar-refractivity contribution in [2.45, 2.75) is 0 Å². The summed E-state index contributed by atoms with van der Waals surface area (Å²) in [5, 5.41) is 3.52. The summed E-state index contributed by atoms with van der Waals surface area (Å²) in [6.45, 7) is 0. The van der Waals surface area contributed by atoms with Crippen molar-refractivity contribution >= 4 is 5.69 Å². The minimum absolute atomic E-state index is 0.0556. The van der Waals surface area contributed by atoms with Crippen LogP contribution in [0.25, 0.3) is 0 Å². The Hall–Kier alpha value is -1.12. The number of rotatable bonds is 1. The fourth-order valence-electron chi connectivity index (χ4n) is 0.657. The van der Waals surface area contributed by atoms with Crippen molar-refractivity contribution in [1.29, 1.82) is 0 Å². The van der Waals surface area contributed by atoms with Crippen molar-refractivity contribution in [3.8, 4) is 0 Å². The van der Waals surface area contributed by atoms with Crippen molar-refractivity contribution in [3.05, 3.63) is 29.8 Å². The largest absolute Gasteiger partial charge is 0.286 e. The first-order valence-electron chi connectivity index (χ1n) is 2.79. The van der Waals surface area contributed by atoms with Crippen LogP contribution in [0.15, 0.2) is 18.2 Å². The van der Waals surface area contributed by atoms with Gasteiger partial charge in [-0.3, -0.25) is 5.32 Å². The Morgan fingerprint density at radius 3 is 2.50 bits per heavy atom. The van der Waals surface area contributed by atoms with Crippen LogP contribution < -0.4 is 5.32 Å². The highest BCUT2D eigenvalue weighted by Crippen LogP contribution is 2.13. The van der Waals surface area contributed by atoms with Gasteiger partial charge >= 0.3 is 0 Å². The lowest BCUT2D eigenvalue weighted by molar-refractivity contribution is 0.596. The van der Waals surface area contributed by atoms with Crippen LogP contribution in [-0.2, 0) is 0 Å². The highest BCUT2D eigenvalue weighted by Gasteiger charge is 2.00. The van der Waals surface area contributed by atoms with Gasteiger partial charge in [0, 0.05) is 13.1 Å². The predicted octanol–water partition coefficient (Wildman–Crippen LogP) is 1.83. The van der Waals surface area contributed by atoms with Crippen LogP contribution in [0.2, 0.25) is 0 Å². The summed E-state index contributed by atoms with van der Waals surface area (Å²) in [6.07, 6.45) is 0. The van der Waals surface area contributed by atoms with E-state index in [0.29, 0.717) is 0 Å². The molecule has 0 aliphatic heterocycles. The number of halogens is 2. The van der Waals surface area contributed by atoms with E-state index in [-0.39, 0.29) is 5.69 Å². The second-order valence-corrected chi connectivity index (χ2v) is 1.82. The molecular formula is C7H6F2N. The van der Waals surface area contributed by atoms with Gasteiger partial charge in [0.05, 0.1) is 5.69 Å². The average molecular weight is 142 g/mol. The Bertz CT molecular complexity index is 235. The summed E-state index contributed by atoms with van der Waals surface area (Å²) < 4.78 is 24.8. The molecule has 1 radical (unpaired) electrons. The molecule has 0 aromatic heterocycles. The second-order valence-electron chi connectivity index (χ2n) is 1.82. The molecule has 0 atom stereocenters. The molecule has 1 rings (SSSR count). The number of hydrogen-bond acceptors (Lipinski definition) is 0. The maximum absolute atomic E-state index is 12.5. The minimum atomic E-state index is -0.496. The van der Waals surface area contributed by atoms with Gasteiger partial charge in [-0.05, 0) is 12.1 Å². The Labute approximate surface area is 57.7 Å². The summed E-state index contributed by atoms with van der Waals surface area (Å²) in [5.74, 6) is -0.967. The zero-order valence-corrected chi connectivity index (χ0v) is 5.44. The van der Waals surface area contributed by atoms with E-state index in [0.717, 1.165) is 18.2 Å². The summed E-state index contributed by atoms with van der Waals surface area (Å²) in [7, 11) is 1.41. The molecule has 0 amide bonds. The molecular weight excluding hydrogens is 136 g/mol. The zero-order valence-electron chi connectivity index (χ0n) is 5.44. The maximum atomic E-state index is 12.5. The summed E-state index contributed by atoms with van der Waals surface area (Å²) in [5.41, 5.74) is 0.0556. The third kappa shape index (κ3) is 1.23. The molecule has 0 N–H and O–H groups in total. The number of nitrogens with zero attached hydrogens (tertiary/aromatic N) is 1. The van der Waals surface area contributed by atoms with E-state index >= 15 is 0 Å². The summed E-state index contributed by atoms with van der Waals surface area (Å²) >= 11 is 0. The minimum Gasteiger partial charge on any atom is -0.286 e. The van der Waals surface area contributed by atoms with Crippen molar-refractivity contribution < 1.29 is 8.78 Å². The Morgan fingerprint density at radius 2 is 2.00 bits per heavy atom. The molecule has 3 heteroatoms. The molecule has 1 nitrogen and oxygen atoms in total. The van der Waals surface area contributed by atoms with Gasteiger partial charge in [0.15, 0.2) is 0 Å². The zero-order chi connectivity index (χ0) is 7.56. The highest BCUT2D eigenvalue weighted by molar-refractivity contribution is 5.36. The Balaban J connectivity index is 3.09. The van der Waals surface area contributed by atoms with Crippen molar-refractivity contribution in [1.82, 2.24) is 5.32 Å². The molecule has 0 saturated carbocycles. The number of benzene rings is 1. The number of hydrogen-bond donors (Lipinski definition) is 0. The predicted molar refractivity (Wildman–Crippen MR) is 34.1 cm³/mol. The molecule has 1 aromatic rings. The lowest BCUT2D eigenvalue weighted by Gasteiger charge is -1.97. The van der Waals surface area contributed by atoms with Crippen LogP contribution in [0, 0.1) is 11.6 Å². The molecule has 0 saturated heterocycles. The van der Waals surface area contributed by atoms with E-state index in [1.54, 1.807) is 0 Å². The summed E-state index contributed by atoms with van der Waals surface area (Å²) in [6, 6.07) is 3.16. The quantitative estimate of drug-likeness (QED) is 0.568. The van der Waals surface area contributed by atoms with Gasteiger partial charge in [-0.25, -0.2) is 8.78 Å². The molecule has 0 unspecified atom stereocenters. The first-order valence-corrected chi connectivity index (χ1v) is 2.79. The van der Waals surface area contributed by atoms with Crippen LogP contribution in [-0.4, -0.2) is 7.05 Å². The fourth-order valence-corrected chi connectivity index (χ4v) is 0.657. The van der Waals surface area contributed by atoms with E-state index in [1.807, 2.05) is 0 Å². The van der Waals surface area contributed by atoms with Crippen LogP contribution in [0.5, 0.6) is 0 Å². The third-order valence-electron chi connectivity index (χ3n) is 1.15. The van der Waals surface area contributed by atoms with Gasteiger partial charge in [-0.2, -0.15) is 0 Å². The van der Waals surface area contributed by atoms with Crippen molar-refractivity contribution in [2.75, 3.05) is 7.05 Å². The molecule has 0 heterocycles. The Kier molecular flexibility index (Phi) is 1.85. The van der Waals surface area contributed by atoms with Gasteiger partial charge < -0.3 is 0 Å². The summed E-state index contributed by atoms with van der Waals surface area (Å²) in [4.78, 5) is 0. The molecule has 10 heavy (non-hydrogen) atoms.